The number of rotatable bonds is 5. The standard InChI is InChI=1S/C14H19ClN4/c1-4-16-14(8-12-9-19(3)18-17-12)11-5-6-13(15)10(2)7-11/h5-7,9,14,16H,4,8H2,1-3H3. The summed E-state index contributed by atoms with van der Waals surface area (Å²) >= 11 is 6.08. The Labute approximate surface area is 118 Å². The average molecular weight is 279 g/mol. The van der Waals surface area contributed by atoms with Gasteiger partial charge in [0.15, 0.2) is 0 Å². The molecule has 0 amide bonds. The fraction of sp³-hybridized carbons (Fsp3) is 0.429. The van der Waals surface area contributed by atoms with Crippen molar-refractivity contribution in [1.29, 1.82) is 0 Å². The summed E-state index contributed by atoms with van der Waals surface area (Å²) in [5.74, 6) is 0. The number of hydrogen-bond acceptors (Lipinski definition) is 3. The van der Waals surface area contributed by atoms with Gasteiger partial charge in [-0.2, -0.15) is 0 Å². The molecule has 19 heavy (non-hydrogen) atoms. The minimum Gasteiger partial charge on any atom is -0.310 e. The van der Waals surface area contributed by atoms with Gasteiger partial charge in [-0.1, -0.05) is 35.9 Å². The largest absolute Gasteiger partial charge is 0.310 e. The van der Waals surface area contributed by atoms with Crippen LogP contribution in [0.25, 0.3) is 0 Å². The lowest BCUT2D eigenvalue weighted by Gasteiger charge is -2.18. The van der Waals surface area contributed by atoms with Crippen molar-refractivity contribution in [3.05, 3.63) is 46.2 Å². The lowest BCUT2D eigenvalue weighted by Crippen LogP contribution is -2.23. The number of aromatic nitrogens is 3. The van der Waals surface area contributed by atoms with Crippen molar-refractivity contribution < 1.29 is 0 Å². The number of aryl methyl sites for hydroxylation is 2. The third-order valence-electron chi connectivity index (χ3n) is 3.10. The number of halogens is 1. The Morgan fingerprint density at radius 1 is 1.42 bits per heavy atom. The quantitative estimate of drug-likeness (QED) is 0.914. The second-order valence-electron chi connectivity index (χ2n) is 4.71. The van der Waals surface area contributed by atoms with E-state index in [0.717, 1.165) is 29.2 Å². The van der Waals surface area contributed by atoms with Gasteiger partial charge in [0.1, 0.15) is 0 Å². The van der Waals surface area contributed by atoms with E-state index in [4.69, 9.17) is 11.6 Å². The van der Waals surface area contributed by atoms with Gasteiger partial charge in [-0.15, -0.1) is 5.10 Å². The molecule has 0 aliphatic heterocycles. The van der Waals surface area contributed by atoms with E-state index in [-0.39, 0.29) is 6.04 Å². The molecule has 0 saturated heterocycles. The van der Waals surface area contributed by atoms with Crippen molar-refractivity contribution in [2.45, 2.75) is 26.3 Å². The van der Waals surface area contributed by atoms with Crippen molar-refractivity contribution in [3.63, 3.8) is 0 Å². The Bertz CT molecular complexity index is 550. The Kier molecular flexibility index (Phi) is 4.56. The predicted molar refractivity (Wildman–Crippen MR) is 77.3 cm³/mol. The first-order chi connectivity index (χ1) is 9.10. The molecule has 0 bridgehead atoms. The molecule has 1 aromatic heterocycles. The molecule has 0 spiro atoms. The zero-order valence-corrected chi connectivity index (χ0v) is 12.3. The van der Waals surface area contributed by atoms with Gasteiger partial charge in [-0.3, -0.25) is 4.68 Å². The van der Waals surface area contributed by atoms with E-state index in [0.29, 0.717) is 0 Å². The van der Waals surface area contributed by atoms with Crippen LogP contribution < -0.4 is 5.32 Å². The van der Waals surface area contributed by atoms with Crippen LogP contribution in [0.5, 0.6) is 0 Å². The fourth-order valence-electron chi connectivity index (χ4n) is 2.14. The second-order valence-corrected chi connectivity index (χ2v) is 5.11. The van der Waals surface area contributed by atoms with Gasteiger partial charge in [-0.25, -0.2) is 0 Å². The zero-order valence-electron chi connectivity index (χ0n) is 11.5. The summed E-state index contributed by atoms with van der Waals surface area (Å²) in [7, 11) is 1.88. The van der Waals surface area contributed by atoms with Crippen LogP contribution in [-0.4, -0.2) is 21.5 Å². The molecule has 1 unspecified atom stereocenters. The van der Waals surface area contributed by atoms with E-state index in [2.05, 4.69) is 34.7 Å². The molecule has 0 aliphatic rings. The van der Waals surface area contributed by atoms with Crippen LogP contribution in [0.4, 0.5) is 0 Å². The summed E-state index contributed by atoms with van der Waals surface area (Å²) in [6.45, 7) is 5.04. The van der Waals surface area contributed by atoms with E-state index in [1.807, 2.05) is 26.2 Å². The Morgan fingerprint density at radius 3 is 2.79 bits per heavy atom. The lowest BCUT2D eigenvalue weighted by atomic mass is 10.0. The van der Waals surface area contributed by atoms with Gasteiger partial charge < -0.3 is 5.32 Å². The molecular formula is C14H19ClN4. The highest BCUT2D eigenvalue weighted by atomic mass is 35.5. The SMILES string of the molecule is CCNC(Cc1cn(C)nn1)c1ccc(Cl)c(C)c1. The number of nitrogens with one attached hydrogen (secondary N) is 1. The Hall–Kier alpha value is -1.39. The molecule has 0 saturated carbocycles. The first kappa shape index (κ1) is 14.0. The van der Waals surface area contributed by atoms with Crippen LogP contribution in [0.1, 0.15) is 29.8 Å². The molecule has 0 radical (unpaired) electrons. The number of hydrogen-bond donors (Lipinski definition) is 1. The van der Waals surface area contributed by atoms with E-state index in [9.17, 15) is 0 Å². The van der Waals surface area contributed by atoms with E-state index in [1.54, 1.807) is 4.68 Å². The van der Waals surface area contributed by atoms with Gasteiger partial charge in [-0.05, 0) is 30.7 Å². The fourth-order valence-corrected chi connectivity index (χ4v) is 2.25. The molecule has 2 rings (SSSR count). The highest BCUT2D eigenvalue weighted by Gasteiger charge is 2.14. The Morgan fingerprint density at radius 2 is 2.21 bits per heavy atom. The normalized spacial score (nSPS) is 12.6. The molecule has 5 heteroatoms. The minimum absolute atomic E-state index is 0.234. The molecule has 0 aliphatic carbocycles. The smallest absolute Gasteiger partial charge is 0.0845 e. The van der Waals surface area contributed by atoms with Crippen molar-refractivity contribution in [3.8, 4) is 0 Å². The molecule has 1 atom stereocenters. The van der Waals surface area contributed by atoms with Crippen molar-refractivity contribution >= 4 is 11.6 Å². The monoisotopic (exact) mass is 278 g/mol. The molecule has 1 heterocycles. The van der Waals surface area contributed by atoms with Crippen LogP contribution in [-0.2, 0) is 13.5 Å². The van der Waals surface area contributed by atoms with E-state index < -0.39 is 0 Å². The van der Waals surface area contributed by atoms with Gasteiger partial charge in [0.2, 0.25) is 0 Å². The highest BCUT2D eigenvalue weighted by molar-refractivity contribution is 6.31. The topological polar surface area (TPSA) is 42.7 Å². The maximum Gasteiger partial charge on any atom is 0.0845 e. The van der Waals surface area contributed by atoms with Crippen LogP contribution in [0.3, 0.4) is 0 Å². The summed E-state index contributed by atoms with van der Waals surface area (Å²) in [6, 6.07) is 6.39. The molecule has 1 aromatic carbocycles. The third-order valence-corrected chi connectivity index (χ3v) is 3.52. The van der Waals surface area contributed by atoms with Crippen molar-refractivity contribution in [1.82, 2.24) is 20.3 Å². The summed E-state index contributed by atoms with van der Waals surface area (Å²) in [5.41, 5.74) is 3.32. The summed E-state index contributed by atoms with van der Waals surface area (Å²) in [5, 5.41) is 12.4. The molecule has 0 fully saturated rings. The zero-order chi connectivity index (χ0) is 13.8. The summed E-state index contributed by atoms with van der Waals surface area (Å²) < 4.78 is 1.73. The summed E-state index contributed by atoms with van der Waals surface area (Å²) in [4.78, 5) is 0. The molecular weight excluding hydrogens is 260 g/mol. The van der Waals surface area contributed by atoms with Gasteiger partial charge in [0.05, 0.1) is 5.69 Å². The molecule has 4 nitrogen and oxygen atoms in total. The number of nitrogens with zero attached hydrogens (tertiary/aromatic N) is 3. The molecule has 2 aromatic rings. The molecule has 102 valence electrons. The van der Waals surface area contributed by atoms with Crippen LogP contribution in [0.15, 0.2) is 24.4 Å². The van der Waals surface area contributed by atoms with Gasteiger partial charge in [0, 0.05) is 30.7 Å². The first-order valence-electron chi connectivity index (χ1n) is 6.44. The van der Waals surface area contributed by atoms with E-state index >= 15 is 0 Å². The van der Waals surface area contributed by atoms with Crippen molar-refractivity contribution in [2.24, 2.45) is 7.05 Å². The summed E-state index contributed by atoms with van der Waals surface area (Å²) in [6.07, 6.45) is 2.77. The minimum atomic E-state index is 0.234. The van der Waals surface area contributed by atoms with Crippen LogP contribution in [0.2, 0.25) is 5.02 Å². The maximum absolute atomic E-state index is 6.08. The van der Waals surface area contributed by atoms with Crippen LogP contribution in [0, 0.1) is 6.92 Å². The van der Waals surface area contributed by atoms with Crippen molar-refractivity contribution in [2.75, 3.05) is 6.54 Å². The first-order valence-corrected chi connectivity index (χ1v) is 6.82. The maximum atomic E-state index is 6.08. The number of likely N-dealkylation sites (N-methyl/N-ethyl adjacent to an activating group) is 1. The van der Waals surface area contributed by atoms with E-state index in [1.165, 1.54) is 5.56 Å². The second kappa shape index (κ2) is 6.17. The van der Waals surface area contributed by atoms with Gasteiger partial charge in [0.25, 0.3) is 0 Å². The third kappa shape index (κ3) is 3.55. The predicted octanol–water partition coefficient (Wildman–Crippen LogP) is 2.67. The van der Waals surface area contributed by atoms with Gasteiger partial charge >= 0.3 is 0 Å². The molecule has 1 N–H and O–H groups in total. The van der Waals surface area contributed by atoms with Crippen LogP contribution >= 0.6 is 11.6 Å². The number of benzene rings is 1. The highest BCUT2D eigenvalue weighted by Crippen LogP contribution is 2.23. The average Bonchev–Trinajstić information content (AvgIpc) is 2.78. The Balaban J connectivity index is 2.21. The lowest BCUT2D eigenvalue weighted by molar-refractivity contribution is 0.543.